The molecule has 5 heteroatoms. The fraction of sp³-hybridized carbons (Fsp3) is 0.167. The number of carbonyl (C=O) groups excluding carboxylic acids is 2. The molecule has 4 rings (SSSR count). The summed E-state index contributed by atoms with van der Waals surface area (Å²) < 4.78 is 11.0. The molecule has 146 valence electrons. The van der Waals surface area contributed by atoms with Crippen LogP contribution in [0.3, 0.4) is 0 Å². The van der Waals surface area contributed by atoms with Gasteiger partial charge in [0.05, 0.1) is 13.0 Å². The Labute approximate surface area is 169 Å². The molecule has 0 spiro atoms. The highest BCUT2D eigenvalue weighted by Crippen LogP contribution is 2.31. The normalized spacial score (nSPS) is 15.0. The number of rotatable bonds is 5. The number of methoxy groups -OCH3 is 1. The Balaban J connectivity index is 1.45. The Kier molecular flexibility index (Phi) is 5.29. The van der Waals surface area contributed by atoms with E-state index < -0.39 is 0 Å². The first-order chi connectivity index (χ1) is 14.1. The van der Waals surface area contributed by atoms with Crippen molar-refractivity contribution >= 4 is 17.4 Å². The third-order valence-corrected chi connectivity index (χ3v) is 4.98. The molecule has 3 aromatic carbocycles. The molecule has 1 atom stereocenters. The Bertz CT molecular complexity index is 1050. The van der Waals surface area contributed by atoms with Crippen molar-refractivity contribution in [2.45, 2.75) is 6.42 Å². The fourth-order valence-corrected chi connectivity index (χ4v) is 3.39. The standard InChI is InChI=1S/C24H21NO4/c1-28-21-11-10-17-12-19(15-29-22(17)14-21)24(27)25-20-9-5-8-18(13-20)23(26)16-6-3-2-4-7-16/h2-11,13-14,19H,12,15H2,1H3,(H,25,27)/t19-/m1/s1. The molecule has 1 aliphatic rings. The molecule has 0 fully saturated rings. The molecule has 0 aliphatic carbocycles. The third kappa shape index (κ3) is 4.14. The molecule has 3 aromatic rings. The minimum absolute atomic E-state index is 0.0782. The topological polar surface area (TPSA) is 64.6 Å². The number of nitrogens with one attached hydrogen (secondary N) is 1. The van der Waals surface area contributed by atoms with Gasteiger partial charge < -0.3 is 14.8 Å². The quantitative estimate of drug-likeness (QED) is 0.669. The van der Waals surface area contributed by atoms with E-state index in [0.29, 0.717) is 29.8 Å². The van der Waals surface area contributed by atoms with Gasteiger partial charge in [0, 0.05) is 22.9 Å². The van der Waals surface area contributed by atoms with Crippen LogP contribution in [-0.4, -0.2) is 25.4 Å². The van der Waals surface area contributed by atoms with Gasteiger partial charge in [-0.2, -0.15) is 0 Å². The van der Waals surface area contributed by atoms with E-state index in [9.17, 15) is 9.59 Å². The molecule has 0 radical (unpaired) electrons. The number of ether oxygens (including phenoxy) is 2. The van der Waals surface area contributed by atoms with Crippen LogP contribution in [0.5, 0.6) is 11.5 Å². The highest BCUT2D eigenvalue weighted by atomic mass is 16.5. The molecule has 0 aromatic heterocycles. The van der Waals surface area contributed by atoms with Crippen LogP contribution in [0, 0.1) is 5.92 Å². The largest absolute Gasteiger partial charge is 0.497 e. The van der Waals surface area contributed by atoms with E-state index in [1.54, 1.807) is 43.5 Å². The predicted molar refractivity (Wildman–Crippen MR) is 111 cm³/mol. The van der Waals surface area contributed by atoms with Crippen LogP contribution < -0.4 is 14.8 Å². The van der Waals surface area contributed by atoms with E-state index in [1.807, 2.05) is 36.4 Å². The van der Waals surface area contributed by atoms with E-state index in [2.05, 4.69) is 5.32 Å². The molecular weight excluding hydrogens is 366 g/mol. The molecule has 5 nitrogen and oxygen atoms in total. The van der Waals surface area contributed by atoms with Gasteiger partial charge in [0.2, 0.25) is 5.91 Å². The van der Waals surface area contributed by atoms with Crippen LogP contribution in [0.1, 0.15) is 21.5 Å². The molecule has 1 amide bonds. The second-order valence-electron chi connectivity index (χ2n) is 6.95. The summed E-state index contributed by atoms with van der Waals surface area (Å²) in [6.45, 7) is 0.300. The number of carbonyl (C=O) groups is 2. The molecule has 1 N–H and O–H groups in total. The summed E-state index contributed by atoms with van der Waals surface area (Å²) in [4.78, 5) is 25.4. The van der Waals surface area contributed by atoms with E-state index in [4.69, 9.17) is 9.47 Å². The fourth-order valence-electron chi connectivity index (χ4n) is 3.39. The second-order valence-corrected chi connectivity index (χ2v) is 6.95. The maximum atomic E-state index is 12.8. The van der Waals surface area contributed by atoms with Gasteiger partial charge in [-0.05, 0) is 30.2 Å². The highest BCUT2D eigenvalue weighted by molar-refractivity contribution is 6.09. The predicted octanol–water partition coefficient (Wildman–Crippen LogP) is 4.12. The minimum Gasteiger partial charge on any atom is -0.497 e. The smallest absolute Gasteiger partial charge is 0.231 e. The van der Waals surface area contributed by atoms with Crippen LogP contribution in [0.25, 0.3) is 0 Å². The van der Waals surface area contributed by atoms with Gasteiger partial charge >= 0.3 is 0 Å². The van der Waals surface area contributed by atoms with Crippen molar-refractivity contribution in [1.29, 1.82) is 0 Å². The molecule has 1 heterocycles. The van der Waals surface area contributed by atoms with Crippen molar-refractivity contribution in [3.8, 4) is 11.5 Å². The minimum atomic E-state index is -0.302. The van der Waals surface area contributed by atoms with Crippen molar-refractivity contribution in [1.82, 2.24) is 0 Å². The Morgan fingerprint density at radius 3 is 2.55 bits per heavy atom. The summed E-state index contributed by atoms with van der Waals surface area (Å²) >= 11 is 0. The number of amides is 1. The summed E-state index contributed by atoms with van der Waals surface area (Å²) in [7, 11) is 1.61. The zero-order valence-corrected chi connectivity index (χ0v) is 16.1. The molecule has 29 heavy (non-hydrogen) atoms. The average molecular weight is 387 g/mol. The maximum absolute atomic E-state index is 12.8. The highest BCUT2D eigenvalue weighted by Gasteiger charge is 2.26. The van der Waals surface area contributed by atoms with Crippen molar-refractivity contribution in [2.75, 3.05) is 19.0 Å². The van der Waals surface area contributed by atoms with Crippen molar-refractivity contribution in [3.05, 3.63) is 89.5 Å². The molecular formula is C24H21NO4. The van der Waals surface area contributed by atoms with Gasteiger partial charge in [-0.3, -0.25) is 9.59 Å². The second kappa shape index (κ2) is 8.19. The molecule has 0 saturated heterocycles. The summed E-state index contributed by atoms with van der Waals surface area (Å²) in [5.41, 5.74) is 2.72. The molecule has 0 saturated carbocycles. The van der Waals surface area contributed by atoms with Crippen LogP contribution in [0.15, 0.2) is 72.8 Å². The van der Waals surface area contributed by atoms with E-state index in [-0.39, 0.29) is 17.6 Å². The Hall–Kier alpha value is -3.60. The first-order valence-corrected chi connectivity index (χ1v) is 9.44. The van der Waals surface area contributed by atoms with E-state index in [0.717, 1.165) is 17.1 Å². The van der Waals surface area contributed by atoms with Crippen LogP contribution in [0.4, 0.5) is 5.69 Å². The number of ketones is 1. The Morgan fingerprint density at radius 1 is 0.966 bits per heavy atom. The van der Waals surface area contributed by atoms with Crippen molar-refractivity contribution in [3.63, 3.8) is 0 Å². The Morgan fingerprint density at radius 2 is 1.76 bits per heavy atom. The van der Waals surface area contributed by atoms with Crippen LogP contribution in [0.2, 0.25) is 0 Å². The van der Waals surface area contributed by atoms with Gasteiger partial charge in [0.15, 0.2) is 5.78 Å². The van der Waals surface area contributed by atoms with Gasteiger partial charge in [-0.25, -0.2) is 0 Å². The first kappa shape index (κ1) is 18.7. The monoisotopic (exact) mass is 387 g/mol. The zero-order chi connectivity index (χ0) is 20.2. The molecule has 0 bridgehead atoms. The van der Waals surface area contributed by atoms with Gasteiger partial charge in [-0.1, -0.05) is 48.5 Å². The molecule has 1 aliphatic heterocycles. The molecule has 0 unspecified atom stereocenters. The number of anilines is 1. The number of benzene rings is 3. The van der Waals surface area contributed by atoms with Gasteiger partial charge in [0.1, 0.15) is 18.1 Å². The van der Waals surface area contributed by atoms with Crippen molar-refractivity contribution in [2.24, 2.45) is 5.92 Å². The summed E-state index contributed by atoms with van der Waals surface area (Å²) in [5, 5.41) is 2.92. The SMILES string of the molecule is COc1ccc2c(c1)OC[C@H](C(=O)Nc1cccc(C(=O)c3ccccc3)c1)C2. The zero-order valence-electron chi connectivity index (χ0n) is 16.1. The van der Waals surface area contributed by atoms with E-state index in [1.165, 1.54) is 0 Å². The summed E-state index contributed by atoms with van der Waals surface area (Å²) in [5.74, 6) is 0.973. The number of hydrogen-bond donors (Lipinski definition) is 1. The lowest BCUT2D eigenvalue weighted by atomic mass is 9.95. The average Bonchev–Trinajstić information content (AvgIpc) is 2.78. The summed E-state index contributed by atoms with van der Waals surface area (Å²) in [6, 6.07) is 21.7. The van der Waals surface area contributed by atoms with Crippen LogP contribution >= 0.6 is 0 Å². The third-order valence-electron chi connectivity index (χ3n) is 4.98. The first-order valence-electron chi connectivity index (χ1n) is 9.44. The number of fused-ring (bicyclic) bond motifs is 1. The number of hydrogen-bond acceptors (Lipinski definition) is 4. The van der Waals surface area contributed by atoms with Crippen LogP contribution in [-0.2, 0) is 11.2 Å². The summed E-state index contributed by atoms with van der Waals surface area (Å²) in [6.07, 6.45) is 0.591. The lowest BCUT2D eigenvalue weighted by Crippen LogP contribution is -2.32. The van der Waals surface area contributed by atoms with Crippen molar-refractivity contribution < 1.29 is 19.1 Å². The van der Waals surface area contributed by atoms with Gasteiger partial charge in [-0.15, -0.1) is 0 Å². The van der Waals surface area contributed by atoms with E-state index >= 15 is 0 Å². The lowest BCUT2D eigenvalue weighted by molar-refractivity contribution is -0.121. The lowest BCUT2D eigenvalue weighted by Gasteiger charge is -2.25. The maximum Gasteiger partial charge on any atom is 0.231 e. The van der Waals surface area contributed by atoms with Gasteiger partial charge in [0.25, 0.3) is 0 Å².